The van der Waals surface area contributed by atoms with Crippen LogP contribution in [0.1, 0.15) is 18.9 Å². The zero-order valence-corrected chi connectivity index (χ0v) is 12.2. The number of hydrogen-bond acceptors (Lipinski definition) is 4. The smallest absolute Gasteiger partial charge is 0.299 e. The number of hydrogen-bond donors (Lipinski definition) is 0. The van der Waals surface area contributed by atoms with Crippen molar-refractivity contribution < 1.29 is 9.31 Å². The molecule has 0 saturated heterocycles. The third-order valence-corrected chi connectivity index (χ3v) is 3.78. The summed E-state index contributed by atoms with van der Waals surface area (Å²) in [6, 6.07) is 4.48. The SMILES string of the molecule is CSCCC(C)N(C)Cc1ccc([N+](=O)[O-])c(F)c1. The Bertz CT molecular complexity index is 443. The van der Waals surface area contributed by atoms with Crippen LogP contribution in [-0.2, 0) is 6.54 Å². The summed E-state index contributed by atoms with van der Waals surface area (Å²) >= 11 is 1.80. The lowest BCUT2D eigenvalue weighted by Crippen LogP contribution is -2.29. The summed E-state index contributed by atoms with van der Waals surface area (Å²) < 4.78 is 13.5. The van der Waals surface area contributed by atoms with Crippen LogP contribution in [0, 0.1) is 15.9 Å². The highest BCUT2D eigenvalue weighted by molar-refractivity contribution is 7.98. The van der Waals surface area contributed by atoms with Gasteiger partial charge in [-0.05, 0) is 44.0 Å². The fourth-order valence-corrected chi connectivity index (χ4v) is 2.33. The molecule has 106 valence electrons. The van der Waals surface area contributed by atoms with Crippen LogP contribution in [-0.4, -0.2) is 34.9 Å². The van der Waals surface area contributed by atoms with Crippen molar-refractivity contribution in [1.82, 2.24) is 4.90 Å². The molecule has 0 amide bonds. The van der Waals surface area contributed by atoms with Crippen molar-refractivity contribution in [2.75, 3.05) is 19.1 Å². The number of benzene rings is 1. The Hall–Kier alpha value is -1.14. The van der Waals surface area contributed by atoms with Crippen LogP contribution in [0.3, 0.4) is 0 Å². The van der Waals surface area contributed by atoms with Crippen molar-refractivity contribution in [2.24, 2.45) is 0 Å². The first-order chi connectivity index (χ1) is 8.95. The van der Waals surface area contributed by atoms with Crippen molar-refractivity contribution in [3.63, 3.8) is 0 Å². The molecule has 1 rings (SSSR count). The number of nitrogens with zero attached hydrogens (tertiary/aromatic N) is 2. The highest BCUT2D eigenvalue weighted by atomic mass is 32.2. The molecule has 0 bridgehead atoms. The van der Waals surface area contributed by atoms with Crippen LogP contribution in [0.2, 0.25) is 0 Å². The molecule has 19 heavy (non-hydrogen) atoms. The topological polar surface area (TPSA) is 46.4 Å². The summed E-state index contributed by atoms with van der Waals surface area (Å²) in [7, 11) is 1.98. The number of nitro benzene ring substituents is 1. The molecule has 0 saturated carbocycles. The molecule has 0 aliphatic rings. The minimum Gasteiger partial charge on any atom is -0.299 e. The molecule has 1 aromatic rings. The van der Waals surface area contributed by atoms with Crippen LogP contribution in [0.4, 0.5) is 10.1 Å². The second kappa shape index (κ2) is 7.45. The highest BCUT2D eigenvalue weighted by Gasteiger charge is 2.15. The first-order valence-electron chi connectivity index (χ1n) is 6.07. The summed E-state index contributed by atoms with van der Waals surface area (Å²) in [5.74, 6) is 0.313. The fourth-order valence-electron chi connectivity index (χ4n) is 1.75. The Labute approximate surface area is 117 Å². The van der Waals surface area contributed by atoms with E-state index in [0.29, 0.717) is 12.6 Å². The first-order valence-corrected chi connectivity index (χ1v) is 7.47. The summed E-state index contributed by atoms with van der Waals surface area (Å²) in [4.78, 5) is 12.0. The van der Waals surface area contributed by atoms with Gasteiger partial charge in [-0.1, -0.05) is 6.07 Å². The van der Waals surface area contributed by atoms with Gasteiger partial charge in [0.25, 0.3) is 0 Å². The molecule has 4 nitrogen and oxygen atoms in total. The van der Waals surface area contributed by atoms with Gasteiger partial charge in [-0.15, -0.1) is 0 Å². The summed E-state index contributed by atoms with van der Waals surface area (Å²) in [5, 5.41) is 10.5. The van der Waals surface area contributed by atoms with E-state index in [0.717, 1.165) is 17.7 Å². The average molecular weight is 286 g/mol. The van der Waals surface area contributed by atoms with Gasteiger partial charge in [0.15, 0.2) is 0 Å². The van der Waals surface area contributed by atoms with Crippen molar-refractivity contribution in [3.8, 4) is 0 Å². The number of halogens is 1. The normalized spacial score (nSPS) is 12.7. The van der Waals surface area contributed by atoms with E-state index < -0.39 is 16.4 Å². The van der Waals surface area contributed by atoms with E-state index in [4.69, 9.17) is 0 Å². The molecule has 0 radical (unpaired) electrons. The molecule has 6 heteroatoms. The van der Waals surface area contributed by atoms with Gasteiger partial charge in [0, 0.05) is 18.7 Å². The minimum atomic E-state index is -0.771. The monoisotopic (exact) mass is 286 g/mol. The number of rotatable bonds is 7. The summed E-state index contributed by atoms with van der Waals surface area (Å²) in [5.41, 5.74) is 0.281. The summed E-state index contributed by atoms with van der Waals surface area (Å²) in [6.45, 7) is 2.71. The van der Waals surface area contributed by atoms with Gasteiger partial charge < -0.3 is 0 Å². The maximum absolute atomic E-state index is 13.5. The number of nitro groups is 1. The molecule has 0 spiro atoms. The maximum atomic E-state index is 13.5. The van der Waals surface area contributed by atoms with Crippen LogP contribution in [0.25, 0.3) is 0 Å². The predicted molar refractivity (Wildman–Crippen MR) is 77.0 cm³/mol. The van der Waals surface area contributed by atoms with Crippen LogP contribution < -0.4 is 0 Å². The van der Waals surface area contributed by atoms with Crippen molar-refractivity contribution in [3.05, 3.63) is 39.7 Å². The Balaban J connectivity index is 2.67. The van der Waals surface area contributed by atoms with E-state index in [1.54, 1.807) is 17.8 Å². The van der Waals surface area contributed by atoms with E-state index in [1.807, 2.05) is 7.05 Å². The molecule has 1 aromatic carbocycles. The Morgan fingerprint density at radius 3 is 2.74 bits per heavy atom. The van der Waals surface area contributed by atoms with E-state index in [-0.39, 0.29) is 0 Å². The zero-order valence-electron chi connectivity index (χ0n) is 11.4. The first kappa shape index (κ1) is 15.9. The largest absolute Gasteiger partial charge is 0.304 e. The Kier molecular flexibility index (Phi) is 6.24. The standard InChI is InChI=1S/C13H19FN2O2S/c1-10(6-7-19-3)15(2)9-11-4-5-13(16(17)18)12(14)8-11/h4-5,8,10H,6-7,9H2,1-3H3. The molecular formula is C13H19FN2O2S. The highest BCUT2D eigenvalue weighted by Crippen LogP contribution is 2.19. The number of thioether (sulfide) groups is 1. The molecule has 1 atom stereocenters. The Morgan fingerprint density at radius 1 is 1.53 bits per heavy atom. The molecule has 0 N–H and O–H groups in total. The molecule has 0 fully saturated rings. The van der Waals surface area contributed by atoms with Crippen molar-refractivity contribution >= 4 is 17.4 Å². The second-order valence-corrected chi connectivity index (χ2v) is 5.57. The third kappa shape index (κ3) is 4.80. The van der Waals surface area contributed by atoms with E-state index in [2.05, 4.69) is 18.1 Å². The second-order valence-electron chi connectivity index (χ2n) is 4.59. The molecular weight excluding hydrogens is 267 g/mol. The lowest BCUT2D eigenvalue weighted by molar-refractivity contribution is -0.387. The molecule has 0 heterocycles. The summed E-state index contributed by atoms with van der Waals surface area (Å²) in [6.07, 6.45) is 3.13. The third-order valence-electron chi connectivity index (χ3n) is 3.13. The van der Waals surface area contributed by atoms with Gasteiger partial charge >= 0.3 is 5.69 Å². The molecule has 1 unspecified atom stereocenters. The van der Waals surface area contributed by atoms with E-state index in [1.165, 1.54) is 12.1 Å². The van der Waals surface area contributed by atoms with E-state index >= 15 is 0 Å². The van der Waals surface area contributed by atoms with Gasteiger partial charge in [-0.2, -0.15) is 16.2 Å². The Morgan fingerprint density at radius 2 is 2.21 bits per heavy atom. The van der Waals surface area contributed by atoms with Gasteiger partial charge in [-0.25, -0.2) is 0 Å². The van der Waals surface area contributed by atoms with Gasteiger partial charge in [0.1, 0.15) is 0 Å². The predicted octanol–water partition coefficient (Wildman–Crippen LogP) is 3.31. The average Bonchev–Trinajstić information content (AvgIpc) is 2.35. The van der Waals surface area contributed by atoms with Crippen LogP contribution in [0.5, 0.6) is 0 Å². The molecule has 0 aromatic heterocycles. The van der Waals surface area contributed by atoms with Crippen LogP contribution in [0.15, 0.2) is 18.2 Å². The van der Waals surface area contributed by atoms with Gasteiger partial charge in [0.2, 0.25) is 5.82 Å². The van der Waals surface area contributed by atoms with Crippen molar-refractivity contribution in [2.45, 2.75) is 25.9 Å². The zero-order chi connectivity index (χ0) is 14.4. The van der Waals surface area contributed by atoms with E-state index in [9.17, 15) is 14.5 Å². The van der Waals surface area contributed by atoms with Gasteiger partial charge in [0.05, 0.1) is 4.92 Å². The lowest BCUT2D eigenvalue weighted by atomic mass is 10.1. The lowest BCUT2D eigenvalue weighted by Gasteiger charge is -2.24. The minimum absolute atomic E-state index is 0.394. The quantitative estimate of drug-likeness (QED) is 0.570. The molecule has 0 aliphatic carbocycles. The fraction of sp³-hybridized carbons (Fsp3) is 0.538. The maximum Gasteiger partial charge on any atom is 0.304 e. The van der Waals surface area contributed by atoms with Gasteiger partial charge in [-0.3, -0.25) is 15.0 Å². The van der Waals surface area contributed by atoms with Crippen molar-refractivity contribution in [1.29, 1.82) is 0 Å². The van der Waals surface area contributed by atoms with Crippen LogP contribution >= 0.6 is 11.8 Å². The molecule has 0 aliphatic heterocycles.